The van der Waals surface area contributed by atoms with Crippen LogP contribution in [0.15, 0.2) is 77.9 Å². The zero-order valence-electron chi connectivity index (χ0n) is 19.8. The van der Waals surface area contributed by atoms with E-state index in [2.05, 4.69) is 21.2 Å². The number of hydrogen-bond donors (Lipinski definition) is 3. The Morgan fingerprint density at radius 2 is 1.31 bits per heavy atom. The third-order valence-electron chi connectivity index (χ3n) is 4.63. The van der Waals surface area contributed by atoms with Gasteiger partial charge in [-0.15, -0.1) is 0 Å². The molecule has 0 saturated carbocycles. The predicted molar refractivity (Wildman–Crippen MR) is 136 cm³/mol. The average molecular weight is 491 g/mol. The Balaban J connectivity index is 1.40. The highest BCUT2D eigenvalue weighted by molar-refractivity contribution is 6.39. The molecule has 0 aliphatic rings. The van der Waals surface area contributed by atoms with Crippen molar-refractivity contribution in [2.75, 3.05) is 31.0 Å². The number of carbonyl (C=O) groups is 3. The van der Waals surface area contributed by atoms with E-state index < -0.39 is 11.8 Å². The first kappa shape index (κ1) is 25.8. The Hall–Kier alpha value is -4.86. The van der Waals surface area contributed by atoms with Gasteiger partial charge in [-0.3, -0.25) is 14.4 Å². The molecule has 0 heterocycles. The molecular weight excluding hydrogens is 464 g/mol. The van der Waals surface area contributed by atoms with Crippen molar-refractivity contribution in [3.63, 3.8) is 0 Å². The van der Waals surface area contributed by atoms with Crippen molar-refractivity contribution in [3.8, 4) is 17.2 Å². The Morgan fingerprint density at radius 3 is 1.92 bits per heavy atom. The summed E-state index contributed by atoms with van der Waals surface area (Å²) in [5, 5.41) is 8.99. The minimum absolute atomic E-state index is 0.168. The summed E-state index contributed by atoms with van der Waals surface area (Å²) in [4.78, 5) is 36.0. The molecule has 186 valence electrons. The van der Waals surface area contributed by atoms with Crippen LogP contribution in [0.1, 0.15) is 12.5 Å². The molecule has 3 rings (SSSR count). The average Bonchev–Trinajstić information content (AvgIpc) is 2.90. The first-order valence-corrected chi connectivity index (χ1v) is 11.0. The van der Waals surface area contributed by atoms with Gasteiger partial charge < -0.3 is 24.8 Å². The van der Waals surface area contributed by atoms with Gasteiger partial charge in [0.15, 0.2) is 6.61 Å². The first-order chi connectivity index (χ1) is 17.5. The lowest BCUT2D eigenvalue weighted by atomic mass is 10.2. The molecule has 3 N–H and O–H groups in total. The van der Waals surface area contributed by atoms with Crippen molar-refractivity contribution < 1.29 is 28.6 Å². The second kappa shape index (κ2) is 13.1. The third kappa shape index (κ3) is 8.17. The quantitative estimate of drug-likeness (QED) is 0.228. The van der Waals surface area contributed by atoms with E-state index >= 15 is 0 Å². The number of benzene rings is 3. The number of nitrogens with zero attached hydrogens (tertiary/aromatic N) is 1. The molecule has 0 bridgehead atoms. The van der Waals surface area contributed by atoms with Crippen molar-refractivity contribution >= 4 is 35.3 Å². The molecule has 10 nitrogen and oxygen atoms in total. The van der Waals surface area contributed by atoms with E-state index in [0.29, 0.717) is 40.8 Å². The first-order valence-electron chi connectivity index (χ1n) is 11.0. The molecule has 0 atom stereocenters. The van der Waals surface area contributed by atoms with Crippen LogP contribution in [0.3, 0.4) is 0 Å². The number of anilines is 2. The van der Waals surface area contributed by atoms with Gasteiger partial charge in [-0.2, -0.15) is 5.10 Å². The van der Waals surface area contributed by atoms with Crippen LogP contribution < -0.4 is 30.3 Å². The van der Waals surface area contributed by atoms with E-state index in [1.54, 1.807) is 79.9 Å². The highest BCUT2D eigenvalue weighted by atomic mass is 16.5. The summed E-state index contributed by atoms with van der Waals surface area (Å²) in [5.41, 5.74) is 3.91. The molecule has 3 aromatic rings. The van der Waals surface area contributed by atoms with Gasteiger partial charge in [0.1, 0.15) is 17.2 Å². The fourth-order valence-corrected chi connectivity index (χ4v) is 2.88. The molecule has 0 saturated heterocycles. The number of rotatable bonds is 10. The van der Waals surface area contributed by atoms with Crippen LogP contribution in [0.2, 0.25) is 0 Å². The van der Waals surface area contributed by atoms with Crippen LogP contribution >= 0.6 is 0 Å². The van der Waals surface area contributed by atoms with Crippen molar-refractivity contribution in [3.05, 3.63) is 78.4 Å². The normalized spacial score (nSPS) is 10.4. The van der Waals surface area contributed by atoms with E-state index in [9.17, 15) is 14.4 Å². The maximum atomic E-state index is 12.1. The zero-order chi connectivity index (χ0) is 25.8. The maximum absolute atomic E-state index is 12.1. The predicted octanol–water partition coefficient (Wildman–Crippen LogP) is 3.20. The lowest BCUT2D eigenvalue weighted by Gasteiger charge is -2.08. The zero-order valence-corrected chi connectivity index (χ0v) is 19.8. The summed E-state index contributed by atoms with van der Waals surface area (Å²) in [6.07, 6.45) is 1.38. The van der Waals surface area contributed by atoms with Crippen LogP contribution in [0.25, 0.3) is 0 Å². The number of hydrazone groups is 1. The summed E-state index contributed by atoms with van der Waals surface area (Å²) in [6, 6.07) is 20.3. The van der Waals surface area contributed by atoms with Gasteiger partial charge in [0, 0.05) is 11.4 Å². The van der Waals surface area contributed by atoms with E-state index in [1.165, 1.54) is 6.21 Å². The molecule has 0 spiro atoms. The summed E-state index contributed by atoms with van der Waals surface area (Å²) < 4.78 is 15.9. The monoisotopic (exact) mass is 490 g/mol. The van der Waals surface area contributed by atoms with Crippen molar-refractivity contribution in [1.82, 2.24) is 5.43 Å². The molecular formula is C26H26N4O6. The lowest BCUT2D eigenvalue weighted by Crippen LogP contribution is -2.32. The third-order valence-corrected chi connectivity index (χ3v) is 4.63. The Bertz CT molecular complexity index is 1190. The van der Waals surface area contributed by atoms with Crippen molar-refractivity contribution in [2.24, 2.45) is 5.10 Å². The van der Waals surface area contributed by atoms with Crippen LogP contribution in [-0.2, 0) is 14.4 Å². The molecule has 0 aromatic heterocycles. The second-order valence-corrected chi connectivity index (χ2v) is 7.25. The van der Waals surface area contributed by atoms with Gasteiger partial charge in [-0.25, -0.2) is 5.43 Å². The van der Waals surface area contributed by atoms with Gasteiger partial charge >= 0.3 is 11.8 Å². The summed E-state index contributed by atoms with van der Waals surface area (Å²) in [5.74, 6) is -0.235. The Kier molecular flexibility index (Phi) is 9.40. The Morgan fingerprint density at radius 1 is 0.750 bits per heavy atom. The summed E-state index contributed by atoms with van der Waals surface area (Å²) in [7, 11) is 1.57. The maximum Gasteiger partial charge on any atom is 0.329 e. The van der Waals surface area contributed by atoms with E-state index in [4.69, 9.17) is 14.2 Å². The molecule has 10 heteroatoms. The summed E-state index contributed by atoms with van der Waals surface area (Å²) in [6.45, 7) is 2.23. The van der Waals surface area contributed by atoms with Gasteiger partial charge in [0.05, 0.1) is 19.9 Å². The molecule has 0 unspecified atom stereocenters. The molecule has 3 aromatic carbocycles. The smallest absolute Gasteiger partial charge is 0.329 e. The van der Waals surface area contributed by atoms with Crippen LogP contribution in [0.5, 0.6) is 17.2 Å². The molecule has 36 heavy (non-hydrogen) atoms. The van der Waals surface area contributed by atoms with Crippen molar-refractivity contribution in [1.29, 1.82) is 0 Å². The number of nitrogens with one attached hydrogen (secondary N) is 3. The van der Waals surface area contributed by atoms with E-state index in [0.717, 1.165) is 0 Å². The SMILES string of the molecule is CCOc1ccc(NC(=O)C(=O)N/N=C\c2ccc(OCC(=O)Nc3ccc(OC)cc3)cc2)cc1. The second-order valence-electron chi connectivity index (χ2n) is 7.25. The van der Waals surface area contributed by atoms with Gasteiger partial charge in [0.2, 0.25) is 0 Å². The van der Waals surface area contributed by atoms with Gasteiger partial charge in [-0.1, -0.05) is 0 Å². The fraction of sp³-hybridized carbons (Fsp3) is 0.154. The standard InChI is InChI=1S/C26H26N4O6/c1-3-35-22-14-8-20(9-15-22)29-25(32)26(33)30-27-16-18-4-10-23(11-5-18)36-17-24(31)28-19-6-12-21(34-2)13-7-19/h4-16H,3,17H2,1-2H3,(H,28,31)(H,29,32)(H,30,33)/b27-16-. The summed E-state index contributed by atoms with van der Waals surface area (Å²) >= 11 is 0. The van der Waals surface area contributed by atoms with Gasteiger partial charge in [0.25, 0.3) is 5.91 Å². The number of hydrogen-bond acceptors (Lipinski definition) is 7. The molecule has 0 aliphatic heterocycles. The van der Waals surface area contributed by atoms with E-state index in [-0.39, 0.29) is 12.5 Å². The number of amides is 3. The van der Waals surface area contributed by atoms with E-state index in [1.807, 2.05) is 6.92 Å². The lowest BCUT2D eigenvalue weighted by molar-refractivity contribution is -0.136. The topological polar surface area (TPSA) is 127 Å². The number of methoxy groups -OCH3 is 1. The Labute approximate surface area is 208 Å². The van der Waals surface area contributed by atoms with Crippen LogP contribution in [0.4, 0.5) is 11.4 Å². The molecule has 0 radical (unpaired) electrons. The minimum Gasteiger partial charge on any atom is -0.497 e. The fourth-order valence-electron chi connectivity index (χ4n) is 2.88. The molecule has 3 amide bonds. The molecule has 0 aliphatic carbocycles. The largest absolute Gasteiger partial charge is 0.497 e. The highest BCUT2D eigenvalue weighted by Gasteiger charge is 2.12. The number of carbonyl (C=O) groups excluding carboxylic acids is 3. The van der Waals surface area contributed by atoms with Crippen LogP contribution in [0, 0.1) is 0 Å². The van der Waals surface area contributed by atoms with Crippen LogP contribution in [-0.4, -0.2) is 44.3 Å². The van der Waals surface area contributed by atoms with Gasteiger partial charge in [-0.05, 0) is 85.3 Å². The number of ether oxygens (including phenoxy) is 3. The highest BCUT2D eigenvalue weighted by Crippen LogP contribution is 2.16. The minimum atomic E-state index is -0.914. The molecule has 0 fully saturated rings. The van der Waals surface area contributed by atoms with Crippen molar-refractivity contribution in [2.45, 2.75) is 6.92 Å².